The fourth-order valence-corrected chi connectivity index (χ4v) is 8.66. The molecular weight excluding hydrogens is 1080 g/mol. The average Bonchev–Trinajstić information content (AvgIpc) is 3.60. The lowest BCUT2D eigenvalue weighted by Crippen LogP contribution is -2.65. The molecule has 81 heavy (non-hydrogen) atoms. The number of benzene rings is 4. The summed E-state index contributed by atoms with van der Waals surface area (Å²) in [6.45, 7) is -2.48. The number of phenols is 6. The van der Waals surface area contributed by atoms with Gasteiger partial charge in [0.15, 0.2) is 52.6 Å². The summed E-state index contributed by atoms with van der Waals surface area (Å²) in [5.74, 6) is -6.94. The summed E-state index contributed by atoms with van der Waals surface area (Å²) < 4.78 is 62.7. The highest BCUT2D eigenvalue weighted by atomic mass is 16.8. The van der Waals surface area contributed by atoms with E-state index in [9.17, 15) is 86.2 Å². The third-order valence-electron chi connectivity index (χ3n) is 13.1. The number of hydrogen-bond acceptors (Lipinski definition) is 27. The van der Waals surface area contributed by atoms with Crippen molar-refractivity contribution >= 4 is 35.1 Å². The second kappa shape index (κ2) is 25.3. The van der Waals surface area contributed by atoms with Crippen molar-refractivity contribution in [3.05, 3.63) is 90.0 Å². The lowest BCUT2D eigenvalue weighted by Gasteiger charge is -2.45. The zero-order valence-corrected chi connectivity index (χ0v) is 42.5. The predicted molar refractivity (Wildman–Crippen MR) is 269 cm³/mol. The van der Waals surface area contributed by atoms with Gasteiger partial charge in [0.25, 0.3) is 0 Å². The van der Waals surface area contributed by atoms with Crippen LogP contribution in [0.25, 0.3) is 34.4 Å². The molecular formula is C53H57O28+. The molecule has 0 amide bonds. The lowest BCUT2D eigenvalue weighted by molar-refractivity contribution is -0.358. The Morgan fingerprint density at radius 3 is 1.57 bits per heavy atom. The Labute approximate surface area is 457 Å². The van der Waals surface area contributed by atoms with Crippen molar-refractivity contribution in [2.45, 2.75) is 92.1 Å². The molecule has 0 saturated carbocycles. The van der Waals surface area contributed by atoms with Crippen molar-refractivity contribution in [2.24, 2.45) is 0 Å². The van der Waals surface area contributed by atoms with Crippen LogP contribution >= 0.6 is 0 Å². The second-order valence-corrected chi connectivity index (χ2v) is 18.5. The summed E-state index contributed by atoms with van der Waals surface area (Å²) >= 11 is 0. The van der Waals surface area contributed by atoms with Crippen molar-refractivity contribution in [1.82, 2.24) is 0 Å². The van der Waals surface area contributed by atoms with Crippen LogP contribution in [0, 0.1) is 0 Å². The number of carbonyl (C=O) groups excluding carboxylic acids is 2. The molecule has 0 bridgehead atoms. The van der Waals surface area contributed by atoms with Gasteiger partial charge in [-0.2, -0.15) is 0 Å². The number of fused-ring (bicyclic) bond motifs is 1. The van der Waals surface area contributed by atoms with Crippen LogP contribution in [0.2, 0.25) is 0 Å². The van der Waals surface area contributed by atoms with Gasteiger partial charge in [0, 0.05) is 36.4 Å². The number of methoxy groups -OCH3 is 2. The molecule has 15 N–H and O–H groups in total. The summed E-state index contributed by atoms with van der Waals surface area (Å²) in [5.41, 5.74) is 0.214. The lowest BCUT2D eigenvalue weighted by atomic mass is 9.97. The zero-order valence-electron chi connectivity index (χ0n) is 42.5. The van der Waals surface area contributed by atoms with Gasteiger partial charge in [0.2, 0.25) is 18.3 Å². The number of hydrogen-bond donors (Lipinski definition) is 15. The highest BCUT2D eigenvalue weighted by Crippen LogP contribution is 2.46. The third kappa shape index (κ3) is 13.2. The number of aliphatic hydroxyl groups is 9. The van der Waals surface area contributed by atoms with Gasteiger partial charge in [-0.05, 0) is 47.5 Å². The van der Waals surface area contributed by atoms with Crippen molar-refractivity contribution < 1.29 is 138 Å². The first-order valence-electron chi connectivity index (χ1n) is 24.4. The molecule has 4 heterocycles. The summed E-state index contributed by atoms with van der Waals surface area (Å²) in [5, 5.41) is 160. The minimum atomic E-state index is -2.21. The van der Waals surface area contributed by atoms with E-state index in [0.717, 1.165) is 42.5 Å². The predicted octanol–water partition coefficient (Wildman–Crippen LogP) is -0.658. The maximum Gasteiger partial charge on any atom is 0.402 e. The molecule has 28 nitrogen and oxygen atoms in total. The smallest absolute Gasteiger partial charge is 0.402 e. The number of rotatable bonds is 18. The number of carbonyl (C=O) groups is 2. The molecule has 3 aliphatic rings. The Balaban J connectivity index is 1.14. The largest absolute Gasteiger partial charge is 0.507 e. The number of ether oxygens (including phenoxy) is 10. The van der Waals surface area contributed by atoms with Crippen LogP contribution in [0.15, 0.2) is 83.3 Å². The Bertz CT molecular complexity index is 3090. The van der Waals surface area contributed by atoms with E-state index in [-0.39, 0.29) is 39.5 Å². The normalized spacial score (nSPS) is 28.7. The highest BCUT2D eigenvalue weighted by molar-refractivity contribution is 5.90. The van der Waals surface area contributed by atoms with Gasteiger partial charge >= 0.3 is 23.3 Å². The van der Waals surface area contributed by atoms with E-state index in [4.69, 9.17) is 51.8 Å². The zero-order chi connectivity index (χ0) is 58.6. The minimum Gasteiger partial charge on any atom is -0.507 e. The SMILES string of the molecule is COc1cc(C=CC(=O)OC[C@H]2O[C@@H](O[C@H]3[C@H](Oc4cc5c(O[C@@H]6O[C@H](CO)[C@@H](O)[C@H](O)[C@H]6O)cc(O)cc5[o+]c4-c4cc(O)c(O)c(O)c4)O[C@H](COC(=O)C=Cc4ccc(O)c(OC)c4)[C@@H](O)[C@@H]3O)[C@H](O)[C@@H](O)[C@@H]2O)ccc1O. The average molecular weight is 1140 g/mol. The summed E-state index contributed by atoms with van der Waals surface area (Å²) in [7, 11) is 2.63. The monoisotopic (exact) mass is 1140 g/mol. The van der Waals surface area contributed by atoms with Crippen LogP contribution in [-0.4, -0.2) is 215 Å². The van der Waals surface area contributed by atoms with E-state index >= 15 is 0 Å². The molecule has 3 fully saturated rings. The number of aromatic hydroxyl groups is 6. The van der Waals surface area contributed by atoms with Crippen molar-refractivity contribution in [1.29, 1.82) is 0 Å². The number of phenolic OH excluding ortho intramolecular Hbond substituents is 6. The minimum absolute atomic E-state index is 0.0893. The number of aliphatic hydroxyl groups excluding tert-OH is 9. The molecule has 3 saturated heterocycles. The van der Waals surface area contributed by atoms with Gasteiger partial charge in [-0.25, -0.2) is 14.0 Å². The molecule has 8 rings (SSSR count). The molecule has 15 atom stereocenters. The fourth-order valence-electron chi connectivity index (χ4n) is 8.66. The molecule has 3 aliphatic heterocycles. The highest BCUT2D eigenvalue weighted by Gasteiger charge is 2.53. The molecule has 0 spiro atoms. The van der Waals surface area contributed by atoms with Crippen LogP contribution in [-0.2, 0) is 38.0 Å². The Morgan fingerprint density at radius 2 is 1.02 bits per heavy atom. The van der Waals surface area contributed by atoms with Gasteiger partial charge in [-0.1, -0.05) is 12.1 Å². The van der Waals surface area contributed by atoms with Gasteiger partial charge < -0.3 is 124 Å². The van der Waals surface area contributed by atoms with E-state index < -0.39 is 164 Å². The van der Waals surface area contributed by atoms with Gasteiger partial charge in [0.1, 0.15) is 97.2 Å². The molecule has 28 heteroatoms. The van der Waals surface area contributed by atoms with Gasteiger partial charge in [0.05, 0.1) is 32.5 Å². The Kier molecular flexibility index (Phi) is 18.5. The van der Waals surface area contributed by atoms with Crippen LogP contribution in [0.1, 0.15) is 11.1 Å². The topological polar surface area (TPSA) is 441 Å². The molecule has 436 valence electrons. The molecule has 0 radical (unpaired) electrons. The summed E-state index contributed by atoms with van der Waals surface area (Å²) in [6.07, 6.45) is -24.7. The summed E-state index contributed by atoms with van der Waals surface area (Å²) in [4.78, 5) is 25.9. The fraction of sp³-hybridized carbons (Fsp3) is 0.377. The van der Waals surface area contributed by atoms with Crippen LogP contribution in [0.3, 0.4) is 0 Å². The molecule has 1 aromatic heterocycles. The second-order valence-electron chi connectivity index (χ2n) is 18.5. The van der Waals surface area contributed by atoms with Crippen LogP contribution in [0.5, 0.6) is 57.5 Å². The van der Waals surface area contributed by atoms with Crippen molar-refractivity contribution in [2.75, 3.05) is 34.0 Å². The van der Waals surface area contributed by atoms with E-state index in [1.54, 1.807) is 0 Å². The molecule has 4 aromatic carbocycles. The molecule has 5 aromatic rings. The van der Waals surface area contributed by atoms with Gasteiger partial charge in [-0.15, -0.1) is 0 Å². The van der Waals surface area contributed by atoms with Crippen LogP contribution < -0.4 is 18.9 Å². The number of esters is 2. The Morgan fingerprint density at radius 1 is 0.531 bits per heavy atom. The Hall–Kier alpha value is -7.81. The third-order valence-corrected chi connectivity index (χ3v) is 13.1. The first-order chi connectivity index (χ1) is 38.6. The van der Waals surface area contributed by atoms with E-state index in [0.29, 0.717) is 11.1 Å². The van der Waals surface area contributed by atoms with Crippen molar-refractivity contribution in [3.63, 3.8) is 0 Å². The maximum absolute atomic E-state index is 13.1. The van der Waals surface area contributed by atoms with Gasteiger partial charge in [-0.3, -0.25) is 0 Å². The van der Waals surface area contributed by atoms with E-state index in [1.165, 1.54) is 62.8 Å². The molecule has 0 aliphatic carbocycles. The molecule has 0 unspecified atom stereocenters. The maximum atomic E-state index is 13.1. The summed E-state index contributed by atoms with van der Waals surface area (Å²) in [6, 6.07) is 13.3. The first kappa shape index (κ1) is 59.3. The first-order valence-corrected chi connectivity index (χ1v) is 24.4. The van der Waals surface area contributed by atoms with Crippen LogP contribution in [0.4, 0.5) is 0 Å². The van der Waals surface area contributed by atoms with Crippen molar-refractivity contribution in [3.8, 4) is 68.8 Å². The standard InChI is InChI=1S/C53H56O28/c1-71-32-11-21(3-7-26(32)56)5-9-38(60)73-19-36-42(64)45(67)48(70)52(79-36)81-50-46(68)43(65)37(20-74-39(61)10-6-22-4-8-27(57)33(12-22)72-2)80-53(50)77-34-17-25-30(75-49(34)23-13-28(58)40(62)29(59)14-23)15-24(55)16-31(25)76-51-47(69)44(66)41(63)35(18-54)78-51/h3-17,35-37,41-48,50-54,63-70H,18-20H2,1-2H3,(H5-,55,56,57,58,59,60,61,62)/p+1/t35-,36-,37-,41-,42-,43-,44+,45+,46+,47-,48-,50-,51-,52+,53-/m1/s1. The quantitative estimate of drug-likeness (QED) is 0.0224. The van der Waals surface area contributed by atoms with E-state index in [1.807, 2.05) is 0 Å². The van der Waals surface area contributed by atoms with E-state index in [2.05, 4.69) is 0 Å².